The summed E-state index contributed by atoms with van der Waals surface area (Å²) >= 11 is 0. The molecular formula is C7H14F2N2. The minimum absolute atomic E-state index is 0.00875. The second-order valence-corrected chi connectivity index (χ2v) is 3.16. The molecule has 2 nitrogen and oxygen atoms in total. The molecule has 0 amide bonds. The largest absolute Gasteiger partial charge is 0.250 e. The molecule has 0 N–H and O–H groups in total. The summed E-state index contributed by atoms with van der Waals surface area (Å²) in [6.45, 7) is 0.944. The molecular weight excluding hydrogens is 150 g/mol. The van der Waals surface area contributed by atoms with Crippen molar-refractivity contribution in [2.24, 2.45) is 0 Å². The van der Waals surface area contributed by atoms with Crippen LogP contribution in [0.15, 0.2) is 0 Å². The van der Waals surface area contributed by atoms with Crippen molar-refractivity contribution in [1.29, 1.82) is 0 Å². The number of piperidine rings is 1. The molecule has 0 atom stereocenters. The lowest BCUT2D eigenvalue weighted by molar-refractivity contribution is -0.101. The number of alkyl halides is 2. The predicted molar refractivity (Wildman–Crippen MR) is 39.4 cm³/mol. The van der Waals surface area contributed by atoms with Gasteiger partial charge in [-0.05, 0) is 0 Å². The average molecular weight is 164 g/mol. The molecule has 0 aromatic carbocycles. The van der Waals surface area contributed by atoms with Crippen molar-refractivity contribution in [1.82, 2.24) is 10.0 Å². The van der Waals surface area contributed by atoms with E-state index in [9.17, 15) is 8.78 Å². The lowest BCUT2D eigenvalue weighted by Crippen LogP contribution is -2.46. The highest BCUT2D eigenvalue weighted by molar-refractivity contribution is 4.75. The molecule has 66 valence electrons. The summed E-state index contributed by atoms with van der Waals surface area (Å²) in [5.74, 6) is -2.42. The van der Waals surface area contributed by atoms with E-state index >= 15 is 0 Å². The Balaban J connectivity index is 2.36. The fraction of sp³-hybridized carbons (Fsp3) is 1.00. The molecule has 0 bridgehead atoms. The SMILES string of the molecule is CN(C)N1CCC(F)(F)CC1. The predicted octanol–water partition coefficient (Wildman–Crippen LogP) is 1.19. The summed E-state index contributed by atoms with van der Waals surface area (Å²) in [4.78, 5) is 0. The van der Waals surface area contributed by atoms with E-state index in [0.717, 1.165) is 0 Å². The van der Waals surface area contributed by atoms with Gasteiger partial charge in [-0.3, -0.25) is 0 Å². The third kappa shape index (κ3) is 2.38. The van der Waals surface area contributed by atoms with Crippen LogP contribution in [0.3, 0.4) is 0 Å². The van der Waals surface area contributed by atoms with Crippen molar-refractivity contribution < 1.29 is 8.78 Å². The Kier molecular flexibility index (Phi) is 2.44. The first kappa shape index (κ1) is 8.87. The van der Waals surface area contributed by atoms with Crippen LogP contribution in [0, 0.1) is 0 Å². The highest BCUT2D eigenvalue weighted by atomic mass is 19.3. The zero-order chi connectivity index (χ0) is 8.48. The van der Waals surface area contributed by atoms with E-state index in [0.29, 0.717) is 13.1 Å². The third-order valence-electron chi connectivity index (χ3n) is 2.04. The lowest BCUT2D eigenvalue weighted by Gasteiger charge is -2.35. The van der Waals surface area contributed by atoms with E-state index in [1.165, 1.54) is 0 Å². The summed E-state index contributed by atoms with van der Waals surface area (Å²) in [6, 6.07) is 0. The van der Waals surface area contributed by atoms with Gasteiger partial charge in [0, 0.05) is 40.0 Å². The van der Waals surface area contributed by atoms with Gasteiger partial charge in [0.15, 0.2) is 0 Å². The molecule has 1 rings (SSSR count). The van der Waals surface area contributed by atoms with Gasteiger partial charge in [-0.15, -0.1) is 0 Å². The number of nitrogens with zero attached hydrogens (tertiary/aromatic N) is 2. The Hall–Kier alpha value is -0.220. The Morgan fingerprint density at radius 2 is 1.64 bits per heavy atom. The second kappa shape index (κ2) is 3.03. The smallest absolute Gasteiger partial charge is 0.248 e. The van der Waals surface area contributed by atoms with Crippen molar-refractivity contribution in [3.8, 4) is 0 Å². The van der Waals surface area contributed by atoms with Crippen molar-refractivity contribution in [2.45, 2.75) is 18.8 Å². The van der Waals surface area contributed by atoms with E-state index in [1.807, 2.05) is 24.1 Å². The van der Waals surface area contributed by atoms with Crippen LogP contribution in [0.4, 0.5) is 8.78 Å². The van der Waals surface area contributed by atoms with E-state index in [1.54, 1.807) is 0 Å². The van der Waals surface area contributed by atoms with Crippen LogP contribution in [0.5, 0.6) is 0 Å². The van der Waals surface area contributed by atoms with Gasteiger partial charge in [-0.25, -0.2) is 18.8 Å². The fourth-order valence-electron chi connectivity index (χ4n) is 1.22. The monoisotopic (exact) mass is 164 g/mol. The van der Waals surface area contributed by atoms with Gasteiger partial charge in [-0.1, -0.05) is 0 Å². The van der Waals surface area contributed by atoms with Crippen LogP contribution in [-0.2, 0) is 0 Å². The van der Waals surface area contributed by atoms with Crippen LogP contribution < -0.4 is 0 Å². The minimum Gasteiger partial charge on any atom is -0.248 e. The first-order valence-corrected chi connectivity index (χ1v) is 3.81. The highest BCUT2D eigenvalue weighted by Crippen LogP contribution is 2.27. The molecule has 1 aliphatic rings. The van der Waals surface area contributed by atoms with Crippen LogP contribution in [0.2, 0.25) is 0 Å². The van der Waals surface area contributed by atoms with E-state index in [-0.39, 0.29) is 12.8 Å². The zero-order valence-electron chi connectivity index (χ0n) is 6.98. The Morgan fingerprint density at radius 3 is 2.00 bits per heavy atom. The maximum Gasteiger partial charge on any atom is 0.250 e. The molecule has 1 aliphatic heterocycles. The summed E-state index contributed by atoms with van der Waals surface area (Å²) in [5.41, 5.74) is 0. The minimum atomic E-state index is -2.42. The Morgan fingerprint density at radius 1 is 1.18 bits per heavy atom. The summed E-state index contributed by atoms with van der Waals surface area (Å²) < 4.78 is 25.2. The third-order valence-corrected chi connectivity index (χ3v) is 2.04. The number of hydrazine groups is 1. The van der Waals surface area contributed by atoms with Crippen LogP contribution >= 0.6 is 0 Å². The molecule has 1 heterocycles. The quantitative estimate of drug-likeness (QED) is 0.574. The summed E-state index contributed by atoms with van der Waals surface area (Å²) in [5, 5.41) is 3.80. The Labute approximate surface area is 65.7 Å². The van der Waals surface area contributed by atoms with Crippen molar-refractivity contribution >= 4 is 0 Å². The summed E-state index contributed by atoms with van der Waals surface area (Å²) in [7, 11) is 3.76. The van der Waals surface area contributed by atoms with Crippen LogP contribution in [-0.4, -0.2) is 43.1 Å². The van der Waals surface area contributed by atoms with Gasteiger partial charge in [0.25, 0.3) is 5.92 Å². The maximum atomic E-state index is 12.6. The summed E-state index contributed by atoms with van der Waals surface area (Å²) in [6.07, 6.45) is -0.0175. The zero-order valence-corrected chi connectivity index (χ0v) is 6.98. The molecule has 0 saturated carbocycles. The Bertz CT molecular complexity index is 126. The molecule has 0 unspecified atom stereocenters. The van der Waals surface area contributed by atoms with Gasteiger partial charge >= 0.3 is 0 Å². The van der Waals surface area contributed by atoms with E-state index < -0.39 is 5.92 Å². The molecule has 0 aromatic heterocycles. The molecule has 1 fully saturated rings. The second-order valence-electron chi connectivity index (χ2n) is 3.16. The highest BCUT2D eigenvalue weighted by Gasteiger charge is 2.34. The van der Waals surface area contributed by atoms with Gasteiger partial charge in [0.1, 0.15) is 0 Å². The lowest BCUT2D eigenvalue weighted by atomic mass is 10.1. The van der Waals surface area contributed by atoms with Gasteiger partial charge < -0.3 is 0 Å². The topological polar surface area (TPSA) is 6.48 Å². The number of hydrogen-bond acceptors (Lipinski definition) is 2. The molecule has 11 heavy (non-hydrogen) atoms. The number of rotatable bonds is 1. The van der Waals surface area contributed by atoms with Gasteiger partial charge in [0.05, 0.1) is 0 Å². The van der Waals surface area contributed by atoms with Crippen molar-refractivity contribution in [2.75, 3.05) is 27.2 Å². The maximum absolute atomic E-state index is 12.6. The molecule has 4 heteroatoms. The first-order valence-electron chi connectivity index (χ1n) is 3.81. The van der Waals surface area contributed by atoms with Crippen molar-refractivity contribution in [3.63, 3.8) is 0 Å². The average Bonchev–Trinajstić information content (AvgIpc) is 1.86. The molecule has 0 aromatic rings. The number of hydrogen-bond donors (Lipinski definition) is 0. The van der Waals surface area contributed by atoms with Gasteiger partial charge in [-0.2, -0.15) is 0 Å². The molecule has 0 aliphatic carbocycles. The standard InChI is InChI=1S/C7H14F2N2/c1-10(2)11-5-3-7(8,9)4-6-11/h3-6H2,1-2H3. The molecule has 1 saturated heterocycles. The fourth-order valence-corrected chi connectivity index (χ4v) is 1.22. The first-order chi connectivity index (χ1) is 5.01. The molecule has 0 radical (unpaired) electrons. The molecule has 0 spiro atoms. The van der Waals surface area contributed by atoms with E-state index in [2.05, 4.69) is 0 Å². The van der Waals surface area contributed by atoms with Crippen LogP contribution in [0.25, 0.3) is 0 Å². The van der Waals surface area contributed by atoms with Gasteiger partial charge in [0.2, 0.25) is 0 Å². The normalized spacial score (nSPS) is 25.9. The van der Waals surface area contributed by atoms with Crippen LogP contribution in [0.1, 0.15) is 12.8 Å². The van der Waals surface area contributed by atoms with E-state index in [4.69, 9.17) is 0 Å². The van der Waals surface area contributed by atoms with Crippen molar-refractivity contribution in [3.05, 3.63) is 0 Å². The number of halogens is 2.